The quantitative estimate of drug-likeness (QED) is 0.291. The summed E-state index contributed by atoms with van der Waals surface area (Å²) in [7, 11) is 1.61. The van der Waals surface area contributed by atoms with Crippen LogP contribution in [-0.4, -0.2) is 42.3 Å². The van der Waals surface area contributed by atoms with Crippen molar-refractivity contribution < 1.29 is 4.79 Å². The van der Waals surface area contributed by atoms with E-state index in [0.29, 0.717) is 23.3 Å². The number of aromatic nitrogens is 2. The summed E-state index contributed by atoms with van der Waals surface area (Å²) in [6.45, 7) is 2.88. The van der Waals surface area contributed by atoms with Crippen molar-refractivity contribution in [3.05, 3.63) is 6.07 Å². The van der Waals surface area contributed by atoms with E-state index < -0.39 is 0 Å². The molecule has 0 spiro atoms. The van der Waals surface area contributed by atoms with Crippen LogP contribution in [0.4, 0.5) is 11.6 Å². The molecule has 0 bridgehead atoms. The highest BCUT2D eigenvalue weighted by Gasteiger charge is 2.12. The summed E-state index contributed by atoms with van der Waals surface area (Å²) in [4.78, 5) is 21.8. The lowest BCUT2D eigenvalue weighted by atomic mass is 10.4. The SMILES string of the molecule is CCN(CC(=O)NC)c1cc(NN)nc(SC)n1. The van der Waals surface area contributed by atoms with Crippen LogP contribution in [0, 0.1) is 0 Å². The number of rotatable bonds is 6. The van der Waals surface area contributed by atoms with Crippen molar-refractivity contribution in [3.63, 3.8) is 0 Å². The normalized spacial score (nSPS) is 10.0. The molecular weight excluding hydrogens is 252 g/mol. The molecule has 1 aromatic rings. The molecule has 0 radical (unpaired) electrons. The third kappa shape index (κ3) is 3.74. The van der Waals surface area contributed by atoms with Crippen molar-refractivity contribution in [2.24, 2.45) is 5.84 Å². The minimum atomic E-state index is -0.0663. The van der Waals surface area contributed by atoms with E-state index in [2.05, 4.69) is 20.7 Å². The number of amides is 1. The lowest BCUT2D eigenvalue weighted by molar-refractivity contribution is -0.119. The van der Waals surface area contributed by atoms with Gasteiger partial charge in [-0.25, -0.2) is 15.8 Å². The molecule has 0 aliphatic rings. The molecule has 4 N–H and O–H groups in total. The second-order valence-corrected chi connectivity index (χ2v) is 4.20. The monoisotopic (exact) mass is 270 g/mol. The van der Waals surface area contributed by atoms with Gasteiger partial charge in [-0.15, -0.1) is 0 Å². The first-order chi connectivity index (χ1) is 8.64. The number of hydrazine groups is 1. The topological polar surface area (TPSA) is 96.2 Å². The van der Waals surface area contributed by atoms with E-state index in [9.17, 15) is 4.79 Å². The number of anilines is 2. The molecule has 7 nitrogen and oxygen atoms in total. The van der Waals surface area contributed by atoms with E-state index in [1.54, 1.807) is 13.1 Å². The first-order valence-electron chi connectivity index (χ1n) is 5.49. The molecule has 0 fully saturated rings. The molecule has 18 heavy (non-hydrogen) atoms. The second-order valence-electron chi connectivity index (χ2n) is 3.43. The minimum Gasteiger partial charge on any atom is -0.358 e. The number of carbonyl (C=O) groups is 1. The predicted molar refractivity (Wildman–Crippen MR) is 73.6 cm³/mol. The summed E-state index contributed by atoms with van der Waals surface area (Å²) < 4.78 is 0. The maximum atomic E-state index is 11.4. The maximum absolute atomic E-state index is 11.4. The van der Waals surface area contributed by atoms with Crippen LogP contribution in [0.2, 0.25) is 0 Å². The van der Waals surface area contributed by atoms with Crippen LogP contribution in [-0.2, 0) is 4.79 Å². The third-order valence-electron chi connectivity index (χ3n) is 2.34. The van der Waals surface area contributed by atoms with Gasteiger partial charge < -0.3 is 15.6 Å². The van der Waals surface area contributed by atoms with E-state index in [1.165, 1.54) is 11.8 Å². The maximum Gasteiger partial charge on any atom is 0.239 e. The Labute approximate surface area is 111 Å². The predicted octanol–water partition coefficient (Wildman–Crippen LogP) is 0.0564. The van der Waals surface area contributed by atoms with Crippen LogP contribution in [0.1, 0.15) is 6.92 Å². The first-order valence-corrected chi connectivity index (χ1v) is 6.72. The largest absolute Gasteiger partial charge is 0.358 e. The Morgan fingerprint density at radius 2 is 2.28 bits per heavy atom. The van der Waals surface area contributed by atoms with Crippen molar-refractivity contribution in [1.82, 2.24) is 15.3 Å². The lowest BCUT2D eigenvalue weighted by Crippen LogP contribution is -2.36. The molecule has 0 saturated carbocycles. The van der Waals surface area contributed by atoms with Crippen molar-refractivity contribution in [1.29, 1.82) is 0 Å². The fourth-order valence-corrected chi connectivity index (χ4v) is 1.72. The van der Waals surface area contributed by atoms with Crippen LogP contribution in [0.3, 0.4) is 0 Å². The molecule has 1 aromatic heterocycles. The molecule has 0 aliphatic carbocycles. The van der Waals surface area contributed by atoms with Crippen LogP contribution in [0.25, 0.3) is 0 Å². The fraction of sp³-hybridized carbons (Fsp3) is 0.500. The van der Waals surface area contributed by atoms with Gasteiger partial charge in [0.2, 0.25) is 5.91 Å². The molecule has 0 unspecified atom stereocenters. The highest BCUT2D eigenvalue weighted by molar-refractivity contribution is 7.98. The Hall–Kier alpha value is -1.54. The fourth-order valence-electron chi connectivity index (χ4n) is 1.35. The van der Waals surface area contributed by atoms with Gasteiger partial charge in [0.15, 0.2) is 5.16 Å². The molecule has 0 aromatic carbocycles. The summed E-state index contributed by atoms with van der Waals surface area (Å²) in [5.41, 5.74) is 2.50. The van der Waals surface area contributed by atoms with Gasteiger partial charge in [-0.05, 0) is 13.2 Å². The van der Waals surface area contributed by atoms with Gasteiger partial charge in [0, 0.05) is 19.7 Å². The van der Waals surface area contributed by atoms with Gasteiger partial charge in [0.25, 0.3) is 0 Å². The average Bonchev–Trinajstić information content (AvgIpc) is 2.43. The van der Waals surface area contributed by atoms with E-state index >= 15 is 0 Å². The van der Waals surface area contributed by atoms with Gasteiger partial charge in [-0.1, -0.05) is 11.8 Å². The summed E-state index contributed by atoms with van der Waals surface area (Å²) in [6, 6.07) is 1.71. The first kappa shape index (κ1) is 14.5. The van der Waals surface area contributed by atoms with Gasteiger partial charge in [0.05, 0.1) is 6.54 Å². The summed E-state index contributed by atoms with van der Waals surface area (Å²) in [5, 5.41) is 3.19. The average molecular weight is 270 g/mol. The van der Waals surface area contributed by atoms with Gasteiger partial charge in [0.1, 0.15) is 11.6 Å². The number of carbonyl (C=O) groups excluding carboxylic acids is 1. The number of likely N-dealkylation sites (N-methyl/N-ethyl adjacent to an activating group) is 2. The molecule has 100 valence electrons. The third-order valence-corrected chi connectivity index (χ3v) is 2.89. The zero-order chi connectivity index (χ0) is 13.5. The number of hydrogen-bond acceptors (Lipinski definition) is 7. The number of nitrogen functional groups attached to an aromatic ring is 1. The molecule has 0 saturated heterocycles. The summed E-state index contributed by atoms with van der Waals surface area (Å²) in [5.74, 6) is 6.50. The van der Waals surface area contributed by atoms with E-state index in [-0.39, 0.29) is 12.5 Å². The van der Waals surface area contributed by atoms with Crippen molar-refractivity contribution in [2.45, 2.75) is 12.1 Å². The molecule has 0 aliphatic heterocycles. The van der Waals surface area contributed by atoms with Crippen LogP contribution < -0.4 is 21.5 Å². The number of nitrogens with two attached hydrogens (primary N) is 1. The van der Waals surface area contributed by atoms with Gasteiger partial charge >= 0.3 is 0 Å². The lowest BCUT2D eigenvalue weighted by Gasteiger charge is -2.21. The van der Waals surface area contributed by atoms with Crippen molar-refractivity contribution in [3.8, 4) is 0 Å². The molecule has 1 rings (SSSR count). The molecule has 8 heteroatoms. The Balaban J connectivity index is 3.00. The van der Waals surface area contributed by atoms with Crippen molar-refractivity contribution >= 4 is 29.3 Å². The van der Waals surface area contributed by atoms with Crippen molar-refractivity contribution in [2.75, 3.05) is 36.7 Å². The Kier molecular flexibility index (Phi) is 5.66. The van der Waals surface area contributed by atoms with Gasteiger partial charge in [-0.3, -0.25) is 4.79 Å². The van der Waals surface area contributed by atoms with E-state index in [4.69, 9.17) is 5.84 Å². The molecular formula is C10H18N6OS. The smallest absolute Gasteiger partial charge is 0.239 e. The standard InChI is InChI=1S/C10H18N6OS/c1-4-16(6-9(17)12-2)8-5-7(15-11)13-10(14-8)18-3/h5H,4,6,11H2,1-3H3,(H,12,17)(H,13,14,15). The highest BCUT2D eigenvalue weighted by atomic mass is 32.2. The van der Waals surface area contributed by atoms with Crippen LogP contribution in [0.5, 0.6) is 0 Å². The zero-order valence-electron chi connectivity index (χ0n) is 10.7. The number of nitrogens with one attached hydrogen (secondary N) is 2. The summed E-state index contributed by atoms with van der Waals surface area (Å²) in [6.07, 6.45) is 1.88. The summed E-state index contributed by atoms with van der Waals surface area (Å²) >= 11 is 1.42. The van der Waals surface area contributed by atoms with Gasteiger partial charge in [-0.2, -0.15) is 0 Å². The second kappa shape index (κ2) is 7.02. The van der Waals surface area contributed by atoms with Crippen LogP contribution in [0.15, 0.2) is 11.2 Å². The minimum absolute atomic E-state index is 0.0663. The Morgan fingerprint density at radius 3 is 2.78 bits per heavy atom. The van der Waals surface area contributed by atoms with E-state index in [0.717, 1.165) is 0 Å². The molecule has 1 amide bonds. The number of thioether (sulfide) groups is 1. The number of hydrogen-bond donors (Lipinski definition) is 3. The van der Waals surface area contributed by atoms with Crippen LogP contribution >= 0.6 is 11.8 Å². The molecule has 1 heterocycles. The zero-order valence-corrected chi connectivity index (χ0v) is 11.5. The Bertz CT molecular complexity index is 391. The highest BCUT2D eigenvalue weighted by Crippen LogP contribution is 2.19. The van der Waals surface area contributed by atoms with E-state index in [1.807, 2.05) is 18.1 Å². The Morgan fingerprint density at radius 1 is 1.56 bits per heavy atom. The molecule has 0 atom stereocenters. The number of nitrogens with zero attached hydrogens (tertiary/aromatic N) is 3.